The largest absolute Gasteiger partial charge is 0.573 e. The van der Waals surface area contributed by atoms with Gasteiger partial charge >= 0.3 is 6.36 Å². The molecule has 0 aliphatic heterocycles. The molecule has 164 valence electrons. The highest BCUT2D eigenvalue weighted by Crippen LogP contribution is 2.26. The number of rotatable bonds is 8. The van der Waals surface area contributed by atoms with Crippen molar-refractivity contribution in [2.45, 2.75) is 24.1 Å². The van der Waals surface area contributed by atoms with Crippen LogP contribution in [-0.2, 0) is 21.2 Å². The van der Waals surface area contributed by atoms with Crippen LogP contribution in [0.25, 0.3) is 0 Å². The molecule has 0 radical (unpaired) electrons. The van der Waals surface area contributed by atoms with Crippen molar-refractivity contribution in [2.24, 2.45) is 0 Å². The van der Waals surface area contributed by atoms with E-state index in [1.54, 1.807) is 0 Å². The summed E-state index contributed by atoms with van der Waals surface area (Å²) in [5, 5.41) is 2.56. The molecule has 0 bridgehead atoms. The maximum atomic E-state index is 12.3. The molecular formula is C19H21F3N2O5S. The molecule has 0 heterocycles. The van der Waals surface area contributed by atoms with E-state index in [2.05, 4.69) is 10.1 Å². The van der Waals surface area contributed by atoms with E-state index in [1.165, 1.54) is 51.5 Å². The first-order valence-corrected chi connectivity index (χ1v) is 10.1. The highest BCUT2D eigenvalue weighted by molar-refractivity contribution is 7.89. The van der Waals surface area contributed by atoms with Gasteiger partial charge in [0.25, 0.3) is 0 Å². The summed E-state index contributed by atoms with van der Waals surface area (Å²) in [7, 11) is 0.620. The topological polar surface area (TPSA) is 84.9 Å². The van der Waals surface area contributed by atoms with Crippen molar-refractivity contribution in [1.29, 1.82) is 0 Å². The molecule has 1 amide bonds. The Morgan fingerprint density at radius 1 is 1.10 bits per heavy atom. The van der Waals surface area contributed by atoms with E-state index in [-0.39, 0.29) is 17.7 Å². The minimum absolute atomic E-state index is 0.00261. The molecule has 0 saturated heterocycles. The first-order valence-electron chi connectivity index (χ1n) is 8.67. The standard InChI is InChI=1S/C19H21F3N2O5S/c1-24(2)30(26,27)16-9-10-17(28-3)13(12-16)4-11-18(25)23-14-5-7-15(8-6-14)29-19(20,21)22/h5-10,12H,4,11H2,1-3H3,(H,23,25). The van der Waals surface area contributed by atoms with Crippen LogP contribution < -0.4 is 14.8 Å². The Kier molecular flexibility index (Phi) is 7.32. The van der Waals surface area contributed by atoms with Gasteiger partial charge in [-0.25, -0.2) is 12.7 Å². The number of nitrogens with one attached hydrogen (secondary N) is 1. The fourth-order valence-electron chi connectivity index (χ4n) is 2.53. The Morgan fingerprint density at radius 3 is 2.27 bits per heavy atom. The zero-order valence-corrected chi connectivity index (χ0v) is 17.3. The van der Waals surface area contributed by atoms with Gasteiger partial charge in [-0.3, -0.25) is 4.79 Å². The number of carbonyl (C=O) groups is 1. The van der Waals surface area contributed by atoms with Gasteiger partial charge in [-0.15, -0.1) is 13.2 Å². The van der Waals surface area contributed by atoms with Crippen LogP contribution in [0.1, 0.15) is 12.0 Å². The zero-order chi connectivity index (χ0) is 22.5. The summed E-state index contributed by atoms with van der Waals surface area (Å²) in [5.74, 6) is -0.360. The smallest absolute Gasteiger partial charge is 0.496 e. The lowest BCUT2D eigenvalue weighted by molar-refractivity contribution is -0.274. The third-order valence-corrected chi connectivity index (χ3v) is 5.83. The quantitative estimate of drug-likeness (QED) is 0.672. The minimum Gasteiger partial charge on any atom is -0.496 e. The van der Waals surface area contributed by atoms with E-state index in [1.807, 2.05) is 0 Å². The molecule has 2 aromatic rings. The van der Waals surface area contributed by atoms with Crippen molar-refractivity contribution in [3.8, 4) is 11.5 Å². The Bertz CT molecular complexity index is 990. The van der Waals surface area contributed by atoms with E-state index in [0.29, 0.717) is 17.0 Å². The highest BCUT2D eigenvalue weighted by Gasteiger charge is 2.31. The van der Waals surface area contributed by atoms with Gasteiger partial charge in [-0.1, -0.05) is 0 Å². The Morgan fingerprint density at radius 2 is 1.73 bits per heavy atom. The fourth-order valence-corrected chi connectivity index (χ4v) is 3.49. The molecule has 0 spiro atoms. The molecule has 2 aromatic carbocycles. The van der Waals surface area contributed by atoms with Crippen molar-refractivity contribution in [1.82, 2.24) is 4.31 Å². The number of aryl methyl sites for hydroxylation is 1. The van der Waals surface area contributed by atoms with Crippen LogP contribution in [0.5, 0.6) is 11.5 Å². The van der Waals surface area contributed by atoms with Gasteiger partial charge < -0.3 is 14.8 Å². The number of anilines is 1. The van der Waals surface area contributed by atoms with Crippen molar-refractivity contribution >= 4 is 21.6 Å². The number of amides is 1. The summed E-state index contributed by atoms with van der Waals surface area (Å²) >= 11 is 0. The molecule has 0 atom stereocenters. The van der Waals surface area contributed by atoms with E-state index < -0.39 is 28.0 Å². The van der Waals surface area contributed by atoms with Gasteiger partial charge in [0, 0.05) is 26.2 Å². The van der Waals surface area contributed by atoms with Gasteiger partial charge in [-0.2, -0.15) is 0 Å². The maximum absolute atomic E-state index is 12.3. The van der Waals surface area contributed by atoms with Crippen molar-refractivity contribution < 1.29 is 35.9 Å². The summed E-state index contributed by atoms with van der Waals surface area (Å²) in [6.45, 7) is 0. The van der Waals surface area contributed by atoms with Gasteiger partial charge in [0.05, 0.1) is 12.0 Å². The van der Waals surface area contributed by atoms with E-state index in [0.717, 1.165) is 16.4 Å². The van der Waals surface area contributed by atoms with Crippen LogP contribution in [0.2, 0.25) is 0 Å². The third-order valence-electron chi connectivity index (χ3n) is 4.02. The first kappa shape index (κ1) is 23.5. The monoisotopic (exact) mass is 446 g/mol. The number of nitrogens with zero attached hydrogens (tertiary/aromatic N) is 1. The number of alkyl halides is 3. The van der Waals surface area contributed by atoms with Gasteiger partial charge in [0.15, 0.2) is 0 Å². The molecule has 30 heavy (non-hydrogen) atoms. The van der Waals surface area contributed by atoms with Crippen LogP contribution in [0.15, 0.2) is 47.4 Å². The van der Waals surface area contributed by atoms with Crippen molar-refractivity contribution in [2.75, 3.05) is 26.5 Å². The predicted octanol–water partition coefficient (Wildman–Crippen LogP) is 3.42. The number of sulfonamides is 1. The summed E-state index contributed by atoms with van der Waals surface area (Å²) in [4.78, 5) is 12.3. The number of hydrogen-bond acceptors (Lipinski definition) is 5. The van der Waals surface area contributed by atoms with Crippen LogP contribution in [0.3, 0.4) is 0 Å². The summed E-state index contributed by atoms with van der Waals surface area (Å²) < 4.78 is 71.2. The van der Waals surface area contributed by atoms with Crippen LogP contribution in [0, 0.1) is 0 Å². The summed E-state index contributed by atoms with van der Waals surface area (Å²) in [6.07, 6.45) is -4.60. The molecule has 11 heteroatoms. The molecule has 0 aliphatic carbocycles. The normalized spacial score (nSPS) is 12.0. The molecule has 1 N–H and O–H groups in total. The molecule has 7 nitrogen and oxygen atoms in total. The Labute approximate surface area is 172 Å². The maximum Gasteiger partial charge on any atom is 0.573 e. The van der Waals surface area contributed by atoms with Gasteiger partial charge in [0.2, 0.25) is 15.9 Å². The lowest BCUT2D eigenvalue weighted by Gasteiger charge is -2.14. The van der Waals surface area contributed by atoms with Crippen LogP contribution in [-0.4, -0.2) is 46.2 Å². The van der Waals surface area contributed by atoms with Crippen molar-refractivity contribution in [3.63, 3.8) is 0 Å². The van der Waals surface area contributed by atoms with Gasteiger partial charge in [-0.05, 0) is 54.4 Å². The predicted molar refractivity (Wildman–Crippen MR) is 104 cm³/mol. The average Bonchev–Trinajstić information content (AvgIpc) is 2.66. The van der Waals surface area contributed by atoms with E-state index in [9.17, 15) is 26.4 Å². The van der Waals surface area contributed by atoms with Crippen molar-refractivity contribution in [3.05, 3.63) is 48.0 Å². The second kappa shape index (κ2) is 9.35. The number of ether oxygens (including phenoxy) is 2. The molecule has 0 aliphatic rings. The molecule has 0 unspecified atom stereocenters. The fraction of sp³-hybridized carbons (Fsp3) is 0.316. The molecular weight excluding hydrogens is 425 g/mol. The molecule has 0 saturated carbocycles. The number of halogens is 3. The average molecular weight is 446 g/mol. The second-order valence-electron chi connectivity index (χ2n) is 6.38. The summed E-state index contributed by atoms with van der Waals surface area (Å²) in [5.41, 5.74) is 0.829. The first-order chi connectivity index (χ1) is 13.9. The van der Waals surface area contributed by atoms with E-state index >= 15 is 0 Å². The number of hydrogen-bond donors (Lipinski definition) is 1. The number of methoxy groups -OCH3 is 1. The second-order valence-corrected chi connectivity index (χ2v) is 8.53. The highest BCUT2D eigenvalue weighted by atomic mass is 32.2. The van der Waals surface area contributed by atoms with Gasteiger partial charge in [0.1, 0.15) is 11.5 Å². The Balaban J connectivity index is 2.05. The molecule has 0 aromatic heterocycles. The molecule has 0 fully saturated rings. The molecule has 2 rings (SSSR count). The third kappa shape index (κ3) is 6.36. The Hall–Kier alpha value is -2.79. The minimum atomic E-state index is -4.79. The lowest BCUT2D eigenvalue weighted by Crippen LogP contribution is -2.22. The van der Waals surface area contributed by atoms with Crippen LogP contribution in [0.4, 0.5) is 18.9 Å². The summed E-state index contributed by atoms with van der Waals surface area (Å²) in [6, 6.07) is 9.12. The number of carbonyl (C=O) groups excluding carboxylic acids is 1. The number of benzene rings is 2. The zero-order valence-electron chi connectivity index (χ0n) is 16.5. The SMILES string of the molecule is COc1ccc(S(=O)(=O)N(C)C)cc1CCC(=O)Nc1ccc(OC(F)(F)F)cc1. The van der Waals surface area contributed by atoms with Crippen LogP contribution >= 0.6 is 0 Å². The van der Waals surface area contributed by atoms with E-state index in [4.69, 9.17) is 4.74 Å². The lowest BCUT2D eigenvalue weighted by atomic mass is 10.1.